The third kappa shape index (κ3) is 4.01. The van der Waals surface area contributed by atoms with Gasteiger partial charge in [0.05, 0.1) is 12.2 Å². The number of nitrogens with one attached hydrogen (secondary N) is 2. The molecular weight excluding hydrogens is 216 g/mol. The van der Waals surface area contributed by atoms with Gasteiger partial charge in [0.2, 0.25) is 0 Å². The average molecular weight is 236 g/mol. The molecule has 5 nitrogen and oxygen atoms in total. The summed E-state index contributed by atoms with van der Waals surface area (Å²) in [7, 11) is 0. The molecule has 1 aliphatic rings. The molecule has 16 heavy (non-hydrogen) atoms. The van der Waals surface area contributed by atoms with Gasteiger partial charge in [0.15, 0.2) is 0 Å². The van der Waals surface area contributed by atoms with Gasteiger partial charge in [-0.15, -0.1) is 0 Å². The highest BCUT2D eigenvalue weighted by molar-refractivity contribution is 4.98. The van der Waals surface area contributed by atoms with Crippen LogP contribution in [0.5, 0.6) is 0 Å². The van der Waals surface area contributed by atoms with Gasteiger partial charge < -0.3 is 11.1 Å². The van der Waals surface area contributed by atoms with Crippen LogP contribution >= 0.6 is 0 Å². The van der Waals surface area contributed by atoms with Gasteiger partial charge in [0.1, 0.15) is 12.6 Å². The van der Waals surface area contributed by atoms with Crippen LogP contribution in [0.1, 0.15) is 6.42 Å². The van der Waals surface area contributed by atoms with Gasteiger partial charge in [-0.05, 0) is 18.3 Å². The summed E-state index contributed by atoms with van der Waals surface area (Å²) in [6.45, 7) is 6.15. The molecule has 0 aromatic heterocycles. The fraction of sp³-hybridized carbons (Fsp3) is 0.778. The van der Waals surface area contributed by atoms with Crippen molar-refractivity contribution >= 4 is 0 Å². The fourth-order valence-electron chi connectivity index (χ4n) is 1.87. The maximum atomic E-state index is 12.1. The Balaban J connectivity index is 2.27. The first-order valence-electron chi connectivity index (χ1n) is 5.37. The Kier molecular flexibility index (Phi) is 5.07. The topological polar surface area (TPSA) is 71.8 Å². The minimum Gasteiger partial charge on any atom is -0.318 e. The molecule has 6 N–H and O–H groups in total. The largest absolute Gasteiger partial charge is 0.318 e. The van der Waals surface area contributed by atoms with Gasteiger partial charge in [0.25, 0.3) is 0 Å². The summed E-state index contributed by atoms with van der Waals surface area (Å²) in [5.74, 6) is 6.30. The third-order valence-electron chi connectivity index (χ3n) is 2.84. The van der Waals surface area contributed by atoms with Crippen LogP contribution in [0.3, 0.4) is 0 Å². The van der Waals surface area contributed by atoms with Crippen molar-refractivity contribution in [3.63, 3.8) is 0 Å². The molecular formula is C9H20F2N5+. The summed E-state index contributed by atoms with van der Waals surface area (Å²) < 4.78 is 24.3. The Bertz CT molecular complexity index is 230. The van der Waals surface area contributed by atoms with E-state index in [9.17, 15) is 8.96 Å². The highest BCUT2D eigenvalue weighted by Crippen LogP contribution is 2.06. The van der Waals surface area contributed by atoms with E-state index in [2.05, 4.69) is 11.9 Å². The normalized spacial score (nSPS) is 24.1. The molecule has 0 aromatic rings. The molecule has 1 rings (SSSR count). The van der Waals surface area contributed by atoms with E-state index in [1.807, 2.05) is 0 Å². The molecule has 0 aliphatic carbocycles. The van der Waals surface area contributed by atoms with E-state index in [1.54, 1.807) is 0 Å². The first-order valence-corrected chi connectivity index (χ1v) is 5.37. The van der Waals surface area contributed by atoms with Crippen LogP contribution in [0.4, 0.5) is 8.96 Å². The van der Waals surface area contributed by atoms with Crippen molar-refractivity contribution < 1.29 is 14.0 Å². The second kappa shape index (κ2) is 6.09. The van der Waals surface area contributed by atoms with Gasteiger partial charge in [-0.2, -0.15) is 5.84 Å². The first-order chi connectivity index (χ1) is 7.50. The van der Waals surface area contributed by atoms with Crippen LogP contribution in [-0.2, 0) is 0 Å². The molecule has 1 aliphatic heterocycles. The zero-order valence-corrected chi connectivity index (χ0v) is 9.26. The number of hydrogen-bond donors (Lipinski definition) is 4. The predicted octanol–water partition coefficient (Wildman–Crippen LogP) is -1.73. The maximum absolute atomic E-state index is 12.1. The quantitative estimate of drug-likeness (QED) is 0.251. The molecule has 0 saturated carbocycles. The molecule has 7 heteroatoms. The molecule has 94 valence electrons. The maximum Gasteiger partial charge on any atom is 0.116 e. The smallest absolute Gasteiger partial charge is 0.116 e. The number of rotatable bonds is 6. The van der Waals surface area contributed by atoms with Crippen molar-refractivity contribution in [3.8, 4) is 0 Å². The van der Waals surface area contributed by atoms with Crippen LogP contribution in [-0.4, -0.2) is 37.6 Å². The molecule has 3 atom stereocenters. The minimum atomic E-state index is -1.05. The summed E-state index contributed by atoms with van der Waals surface area (Å²) >= 11 is 0. The van der Waals surface area contributed by atoms with Crippen molar-refractivity contribution in [2.45, 2.75) is 12.5 Å². The van der Waals surface area contributed by atoms with E-state index < -0.39 is 17.1 Å². The van der Waals surface area contributed by atoms with Crippen LogP contribution < -0.4 is 21.9 Å². The van der Waals surface area contributed by atoms with E-state index in [0.717, 1.165) is 26.1 Å². The fourth-order valence-corrected chi connectivity index (χ4v) is 1.87. The van der Waals surface area contributed by atoms with Gasteiger partial charge in [-0.1, -0.05) is 15.5 Å². The van der Waals surface area contributed by atoms with Crippen molar-refractivity contribution in [1.29, 1.82) is 0 Å². The number of nitrogens with zero attached hydrogens (tertiary/aromatic N) is 1. The summed E-state index contributed by atoms with van der Waals surface area (Å²) in [4.78, 5) is 0. The summed E-state index contributed by atoms with van der Waals surface area (Å²) in [5, 5.41) is 2.85. The minimum absolute atomic E-state index is 0.264. The number of halogens is 2. The Labute approximate surface area is 93.9 Å². The SMILES string of the molecule is C=C(C(N)C[NH+](N)CC1CCNC1)N(F)F. The van der Waals surface area contributed by atoms with E-state index in [-0.39, 0.29) is 6.54 Å². The average Bonchev–Trinajstić information content (AvgIpc) is 2.68. The number of nitrogens with two attached hydrogens (primary N) is 2. The molecule has 1 heterocycles. The lowest BCUT2D eigenvalue weighted by atomic mass is 10.1. The second-order valence-electron chi connectivity index (χ2n) is 4.26. The van der Waals surface area contributed by atoms with E-state index >= 15 is 0 Å². The van der Waals surface area contributed by atoms with Crippen LogP contribution in [0.2, 0.25) is 0 Å². The van der Waals surface area contributed by atoms with Gasteiger partial charge in [-0.25, -0.2) is 0 Å². The zero-order chi connectivity index (χ0) is 12.1. The predicted molar refractivity (Wildman–Crippen MR) is 57.0 cm³/mol. The van der Waals surface area contributed by atoms with Crippen molar-refractivity contribution in [1.82, 2.24) is 10.7 Å². The summed E-state index contributed by atoms with van der Waals surface area (Å²) in [6.07, 6.45) is 1.08. The van der Waals surface area contributed by atoms with Crippen LogP contribution in [0.15, 0.2) is 12.3 Å². The first kappa shape index (κ1) is 13.3. The molecule has 1 fully saturated rings. The third-order valence-corrected chi connectivity index (χ3v) is 2.84. The van der Waals surface area contributed by atoms with E-state index in [4.69, 9.17) is 11.6 Å². The standard InChI is InChI=1S/C9H19F2N5/c1-7(16(10)11)9(12)6-15(13)5-8-2-3-14-4-8/h8-9,14H,1-6,12-13H2/p+1. The van der Waals surface area contributed by atoms with Crippen molar-refractivity contribution in [2.24, 2.45) is 17.5 Å². The molecule has 0 bridgehead atoms. The molecule has 0 spiro atoms. The lowest BCUT2D eigenvalue weighted by Crippen LogP contribution is -3.19. The Morgan fingerprint density at radius 3 is 2.81 bits per heavy atom. The van der Waals surface area contributed by atoms with Crippen molar-refractivity contribution in [3.05, 3.63) is 12.3 Å². The molecule has 0 amide bonds. The summed E-state index contributed by atoms with van der Waals surface area (Å²) in [6, 6.07) is -0.802. The number of hydrogen-bond acceptors (Lipinski definition) is 4. The van der Waals surface area contributed by atoms with Crippen molar-refractivity contribution in [2.75, 3.05) is 26.2 Å². The molecule has 3 unspecified atom stereocenters. The van der Waals surface area contributed by atoms with Crippen LogP contribution in [0, 0.1) is 5.92 Å². The molecule has 0 aromatic carbocycles. The highest BCUT2D eigenvalue weighted by Gasteiger charge is 2.23. The molecule has 1 saturated heterocycles. The highest BCUT2D eigenvalue weighted by atomic mass is 19.4. The van der Waals surface area contributed by atoms with E-state index in [1.165, 1.54) is 0 Å². The monoisotopic (exact) mass is 236 g/mol. The Hall–Kier alpha value is -0.760. The zero-order valence-electron chi connectivity index (χ0n) is 9.26. The van der Waals surface area contributed by atoms with Crippen LogP contribution in [0.25, 0.3) is 0 Å². The van der Waals surface area contributed by atoms with Gasteiger partial charge >= 0.3 is 0 Å². The van der Waals surface area contributed by atoms with Gasteiger partial charge in [0, 0.05) is 12.5 Å². The lowest BCUT2D eigenvalue weighted by Gasteiger charge is -2.21. The lowest BCUT2D eigenvalue weighted by molar-refractivity contribution is -0.916. The van der Waals surface area contributed by atoms with E-state index in [0.29, 0.717) is 10.9 Å². The number of quaternary nitrogens is 1. The van der Waals surface area contributed by atoms with Gasteiger partial charge in [-0.3, -0.25) is 5.01 Å². The molecule has 0 radical (unpaired) electrons. The Morgan fingerprint density at radius 2 is 2.31 bits per heavy atom. The summed E-state index contributed by atoms with van der Waals surface area (Å²) in [5.41, 5.74) is 5.16. The Morgan fingerprint density at radius 1 is 1.62 bits per heavy atom. The second-order valence-corrected chi connectivity index (χ2v) is 4.26.